The monoisotopic (exact) mass is 142 g/mol. The summed E-state index contributed by atoms with van der Waals surface area (Å²) in [6.07, 6.45) is 0. The molecule has 0 rings (SSSR count). The van der Waals surface area contributed by atoms with Gasteiger partial charge in [-0.05, 0) is 0 Å². The van der Waals surface area contributed by atoms with Crippen LogP contribution in [-0.2, 0) is 21.3 Å². The fourth-order valence-corrected chi connectivity index (χ4v) is 0. The maximum Gasteiger partial charge on any atom is 1.00 e. The Morgan fingerprint density at radius 2 is 1.83 bits per heavy atom. The van der Waals surface area contributed by atoms with E-state index in [0.29, 0.717) is 0 Å². The third kappa shape index (κ3) is 84.0. The van der Waals surface area contributed by atoms with Crippen LogP contribution in [0.2, 0.25) is 0 Å². The fourth-order valence-electron chi connectivity index (χ4n) is 0. The number of rotatable bonds is 0. The van der Waals surface area contributed by atoms with Gasteiger partial charge in [0.1, 0.15) is 0 Å². The molecule has 0 bridgehead atoms. The second-order valence-corrected chi connectivity index (χ2v) is 0.519. The summed E-state index contributed by atoms with van der Waals surface area (Å²) in [6.45, 7) is 1.08. The molecule has 0 fully saturated rings. The van der Waals surface area contributed by atoms with Crippen LogP contribution in [0.4, 0.5) is 0 Å². The molecule has 0 radical (unpaired) electrons. The smallest absolute Gasteiger partial charge is 1.00 e. The average Bonchev–Trinajstić information content (AvgIpc) is 0.811. The Kier molecular flexibility index (Phi) is 24.6. The second-order valence-electron chi connectivity index (χ2n) is 0.519. The molecule has 0 aliphatic carbocycles. The van der Waals surface area contributed by atoms with E-state index in [1.807, 2.05) is 0 Å². The van der Waals surface area contributed by atoms with Crippen molar-refractivity contribution in [3.8, 4) is 0 Å². The number of aliphatic carboxylic acids is 1. The second kappa shape index (κ2) is 9.35. The maximum absolute atomic E-state index is 9.00. The van der Waals surface area contributed by atoms with Crippen molar-refractivity contribution in [2.45, 2.75) is 6.92 Å². The SMILES string of the molecule is CC(=O)O.[H-].[Na+].[Ni]. The van der Waals surface area contributed by atoms with Crippen molar-refractivity contribution in [1.29, 1.82) is 0 Å². The third-order valence-electron chi connectivity index (χ3n) is 0. The molecular formula is C2H5NaNiO2. The Labute approximate surface area is 70.0 Å². The van der Waals surface area contributed by atoms with Gasteiger partial charge in [-0.2, -0.15) is 0 Å². The van der Waals surface area contributed by atoms with Gasteiger partial charge < -0.3 is 6.53 Å². The van der Waals surface area contributed by atoms with E-state index in [9.17, 15) is 0 Å². The average molecular weight is 143 g/mol. The third-order valence-corrected chi connectivity index (χ3v) is 0. The first-order valence-corrected chi connectivity index (χ1v) is 0.928. The Hall–Kier alpha value is 0.964. The van der Waals surface area contributed by atoms with Crippen LogP contribution in [0.5, 0.6) is 0 Å². The van der Waals surface area contributed by atoms with Crippen molar-refractivity contribution in [2.75, 3.05) is 0 Å². The minimum atomic E-state index is -0.833. The molecule has 0 aliphatic rings. The Morgan fingerprint density at radius 3 is 1.83 bits per heavy atom. The van der Waals surface area contributed by atoms with E-state index >= 15 is 0 Å². The molecule has 6 heavy (non-hydrogen) atoms. The molecule has 36 valence electrons. The summed E-state index contributed by atoms with van der Waals surface area (Å²) >= 11 is 0. The molecule has 0 aromatic rings. The van der Waals surface area contributed by atoms with Gasteiger partial charge in [-0.1, -0.05) is 0 Å². The van der Waals surface area contributed by atoms with Crippen molar-refractivity contribution in [1.82, 2.24) is 0 Å². The first-order valence-electron chi connectivity index (χ1n) is 0.928. The maximum atomic E-state index is 9.00. The largest absolute Gasteiger partial charge is 1.00 e. The number of carboxylic acid groups (broad SMARTS) is 1. The van der Waals surface area contributed by atoms with Crippen LogP contribution in [0.25, 0.3) is 0 Å². The van der Waals surface area contributed by atoms with Gasteiger partial charge in [-0.3, -0.25) is 4.79 Å². The molecular weight excluding hydrogens is 138 g/mol. The predicted octanol–water partition coefficient (Wildman–Crippen LogP) is -2.80. The summed E-state index contributed by atoms with van der Waals surface area (Å²) in [5.74, 6) is -0.833. The zero-order valence-corrected chi connectivity index (χ0v) is 6.66. The summed E-state index contributed by atoms with van der Waals surface area (Å²) < 4.78 is 0. The van der Waals surface area contributed by atoms with Gasteiger partial charge in [-0.15, -0.1) is 0 Å². The molecule has 1 N–H and O–H groups in total. The Morgan fingerprint density at radius 1 is 1.83 bits per heavy atom. The predicted molar refractivity (Wildman–Crippen MR) is 14.4 cm³/mol. The number of carbonyl (C=O) groups is 1. The summed E-state index contributed by atoms with van der Waals surface area (Å²) in [7, 11) is 0. The van der Waals surface area contributed by atoms with Gasteiger partial charge in [0.15, 0.2) is 0 Å². The molecule has 0 aromatic heterocycles. The fraction of sp³-hybridized carbons (Fsp3) is 0.500. The summed E-state index contributed by atoms with van der Waals surface area (Å²) in [5.41, 5.74) is 0. The van der Waals surface area contributed by atoms with E-state index < -0.39 is 5.97 Å². The van der Waals surface area contributed by atoms with Gasteiger partial charge in [0, 0.05) is 23.4 Å². The first-order chi connectivity index (χ1) is 1.73. The molecule has 0 amide bonds. The molecule has 0 spiro atoms. The van der Waals surface area contributed by atoms with E-state index in [-0.39, 0.29) is 47.5 Å². The summed E-state index contributed by atoms with van der Waals surface area (Å²) in [4.78, 5) is 9.00. The van der Waals surface area contributed by atoms with E-state index in [2.05, 4.69) is 0 Å². The number of hydrogen-bond donors (Lipinski definition) is 1. The van der Waals surface area contributed by atoms with E-state index in [1.165, 1.54) is 0 Å². The minimum Gasteiger partial charge on any atom is -1.00 e. The molecule has 0 unspecified atom stereocenters. The molecule has 4 heteroatoms. The Balaban J connectivity index is -0.0000000150. The molecule has 0 aliphatic heterocycles. The molecule has 0 atom stereocenters. The summed E-state index contributed by atoms with van der Waals surface area (Å²) in [6, 6.07) is 0. The van der Waals surface area contributed by atoms with Crippen molar-refractivity contribution in [3.05, 3.63) is 0 Å². The molecule has 0 saturated carbocycles. The van der Waals surface area contributed by atoms with Gasteiger partial charge in [0.25, 0.3) is 5.97 Å². The van der Waals surface area contributed by atoms with Crippen LogP contribution in [0.1, 0.15) is 8.35 Å². The van der Waals surface area contributed by atoms with Crippen molar-refractivity contribution in [2.24, 2.45) is 0 Å². The van der Waals surface area contributed by atoms with Crippen LogP contribution >= 0.6 is 0 Å². The van der Waals surface area contributed by atoms with E-state index in [4.69, 9.17) is 9.90 Å². The van der Waals surface area contributed by atoms with Gasteiger partial charge in [0.2, 0.25) is 0 Å². The zero-order valence-electron chi connectivity index (χ0n) is 4.67. The quantitative estimate of drug-likeness (QED) is 0.372. The van der Waals surface area contributed by atoms with E-state index in [1.54, 1.807) is 0 Å². The molecule has 0 heterocycles. The standard InChI is InChI=1S/C2H4O2.Na.Ni.H/c1-2(3)4;;;/h1H3,(H,3,4);;;/q;+1;;-1. The number of carboxylic acids is 1. The molecule has 0 aromatic carbocycles. The van der Waals surface area contributed by atoms with Crippen LogP contribution in [-0.4, -0.2) is 11.1 Å². The first kappa shape index (κ1) is 15.8. The van der Waals surface area contributed by atoms with Crippen molar-refractivity contribution >= 4 is 5.97 Å². The van der Waals surface area contributed by atoms with Crippen molar-refractivity contribution < 1.29 is 57.4 Å². The van der Waals surface area contributed by atoms with Crippen LogP contribution in [0, 0.1) is 0 Å². The van der Waals surface area contributed by atoms with Gasteiger partial charge in [-0.25, -0.2) is 0 Å². The number of hydrogen-bond acceptors (Lipinski definition) is 1. The normalized spacial score (nSPS) is 4.17. The van der Waals surface area contributed by atoms with Gasteiger partial charge >= 0.3 is 29.6 Å². The molecule has 2 nitrogen and oxygen atoms in total. The Bertz CT molecular complexity index is 38.7. The molecule has 0 saturated heterocycles. The van der Waals surface area contributed by atoms with Crippen molar-refractivity contribution in [3.63, 3.8) is 0 Å². The summed E-state index contributed by atoms with van der Waals surface area (Å²) in [5, 5.41) is 7.42. The minimum absolute atomic E-state index is 0. The topological polar surface area (TPSA) is 37.3 Å². The van der Waals surface area contributed by atoms with Gasteiger partial charge in [0.05, 0.1) is 0 Å². The van der Waals surface area contributed by atoms with Crippen LogP contribution in [0.3, 0.4) is 0 Å². The van der Waals surface area contributed by atoms with Crippen LogP contribution in [0.15, 0.2) is 0 Å². The van der Waals surface area contributed by atoms with Crippen LogP contribution < -0.4 is 29.6 Å². The zero-order chi connectivity index (χ0) is 3.58. The van der Waals surface area contributed by atoms with E-state index in [0.717, 1.165) is 6.92 Å².